The van der Waals surface area contributed by atoms with E-state index in [9.17, 15) is 8.42 Å². The fraction of sp³-hybridized carbons (Fsp3) is 0.538. The first-order chi connectivity index (χ1) is 17.1. The van der Waals surface area contributed by atoms with E-state index in [2.05, 4.69) is 33.9 Å². The zero-order chi connectivity index (χ0) is 24.5. The summed E-state index contributed by atoms with van der Waals surface area (Å²) in [6.07, 6.45) is 4.67. The average Bonchev–Trinajstić information content (AvgIpc) is 3.25. The van der Waals surface area contributed by atoms with E-state index >= 15 is 0 Å². The van der Waals surface area contributed by atoms with Gasteiger partial charge in [0.1, 0.15) is 11.9 Å². The number of hydrogen-bond donors (Lipinski definition) is 2. The number of sulfonamides is 1. The number of nitrogens with two attached hydrogens (primary N) is 1. The topological polar surface area (TPSA) is 103 Å². The van der Waals surface area contributed by atoms with Gasteiger partial charge in [0.05, 0.1) is 37.4 Å². The van der Waals surface area contributed by atoms with Crippen molar-refractivity contribution in [3.05, 3.63) is 59.7 Å². The molecule has 0 bridgehead atoms. The third kappa shape index (κ3) is 7.03. The van der Waals surface area contributed by atoms with Gasteiger partial charge in [-0.3, -0.25) is 4.90 Å². The third-order valence-electron chi connectivity index (χ3n) is 6.57. The second-order valence-electron chi connectivity index (χ2n) is 8.99. The summed E-state index contributed by atoms with van der Waals surface area (Å²) >= 11 is 0. The first kappa shape index (κ1) is 26.1. The highest BCUT2D eigenvalue weighted by atomic mass is 32.2. The van der Waals surface area contributed by atoms with Gasteiger partial charge in [-0.05, 0) is 67.7 Å². The summed E-state index contributed by atoms with van der Waals surface area (Å²) in [7, 11) is -3.62. The maximum atomic E-state index is 12.6. The van der Waals surface area contributed by atoms with Gasteiger partial charge in [0.15, 0.2) is 0 Å². The van der Waals surface area contributed by atoms with E-state index in [1.807, 2.05) is 0 Å². The lowest BCUT2D eigenvalue weighted by Crippen LogP contribution is -2.43. The van der Waals surface area contributed by atoms with Gasteiger partial charge in [-0.1, -0.05) is 30.7 Å². The predicted molar refractivity (Wildman–Crippen MR) is 135 cm³/mol. The molecule has 1 fully saturated rings. The van der Waals surface area contributed by atoms with Crippen molar-refractivity contribution >= 4 is 10.0 Å². The van der Waals surface area contributed by atoms with Crippen LogP contribution in [0.15, 0.2) is 53.4 Å². The van der Waals surface area contributed by atoms with Crippen LogP contribution in [0.1, 0.15) is 36.5 Å². The zero-order valence-corrected chi connectivity index (χ0v) is 21.0. The predicted octanol–water partition coefficient (Wildman–Crippen LogP) is 2.49. The Balaban J connectivity index is 1.33. The lowest BCUT2D eigenvalue weighted by molar-refractivity contribution is 0.0530. The van der Waals surface area contributed by atoms with Crippen molar-refractivity contribution < 1.29 is 22.6 Å². The Labute approximate surface area is 208 Å². The molecule has 3 N–H and O–H groups in total. The van der Waals surface area contributed by atoms with Crippen LogP contribution in [0.4, 0.5) is 0 Å². The average molecular weight is 504 g/mol. The summed E-state index contributed by atoms with van der Waals surface area (Å²) in [5.41, 5.74) is 7.92. The highest BCUT2D eigenvalue weighted by molar-refractivity contribution is 7.89. The maximum Gasteiger partial charge on any atom is 0.240 e. The van der Waals surface area contributed by atoms with Crippen molar-refractivity contribution in [2.45, 2.75) is 42.7 Å². The van der Waals surface area contributed by atoms with E-state index in [1.165, 1.54) is 30.4 Å². The molecule has 0 spiro atoms. The Bertz CT molecular complexity index is 1030. The van der Waals surface area contributed by atoms with E-state index in [0.717, 1.165) is 19.5 Å². The smallest absolute Gasteiger partial charge is 0.240 e. The van der Waals surface area contributed by atoms with E-state index in [4.69, 9.17) is 19.9 Å². The van der Waals surface area contributed by atoms with Crippen molar-refractivity contribution in [3.63, 3.8) is 0 Å². The highest BCUT2D eigenvalue weighted by Gasteiger charge is 2.38. The summed E-state index contributed by atoms with van der Waals surface area (Å²) < 4.78 is 44.9. The Morgan fingerprint density at radius 1 is 0.914 bits per heavy atom. The van der Waals surface area contributed by atoms with Gasteiger partial charge in [0.2, 0.25) is 10.0 Å². The minimum atomic E-state index is -3.62. The first-order valence-electron chi connectivity index (χ1n) is 12.5. The van der Waals surface area contributed by atoms with Crippen LogP contribution in [-0.2, 0) is 25.9 Å². The summed E-state index contributed by atoms with van der Waals surface area (Å²) in [4.78, 5) is 2.76. The van der Waals surface area contributed by atoms with Crippen molar-refractivity contribution in [2.24, 2.45) is 5.73 Å². The molecule has 2 aliphatic rings. The van der Waals surface area contributed by atoms with Crippen molar-refractivity contribution in [1.29, 1.82) is 0 Å². The molecule has 192 valence electrons. The summed E-state index contributed by atoms with van der Waals surface area (Å²) in [5, 5.41) is 0. The molecule has 1 unspecified atom stereocenters. The van der Waals surface area contributed by atoms with E-state index in [-0.39, 0.29) is 24.2 Å². The van der Waals surface area contributed by atoms with Crippen molar-refractivity contribution in [3.8, 4) is 5.75 Å². The molecule has 0 amide bonds. The van der Waals surface area contributed by atoms with Crippen LogP contribution >= 0.6 is 0 Å². The summed E-state index contributed by atoms with van der Waals surface area (Å²) in [6.45, 7) is 4.46. The molecule has 8 nitrogen and oxygen atoms in total. The molecule has 1 saturated heterocycles. The standard InChI is InChI=1S/C26H37N3O5S/c27-12-16-32-18-19-33-17-13-28-35(30,31)23-10-8-22(9-11-23)34-26-24-7-3-2-6-21(24)20-25(26)29-14-4-1-5-15-29/h2-3,6-11,25-26,28H,1,4-5,12-20,27H2/t25-,26?/m0/s1. The minimum absolute atomic E-state index is 0.0594. The number of fused-ring (bicyclic) bond motifs is 1. The fourth-order valence-corrected chi connectivity index (χ4v) is 5.84. The molecule has 1 heterocycles. The SMILES string of the molecule is NCCOCCOCCNS(=O)(=O)c1ccc(OC2c3ccccc3C[C@@H]2N2CCCCC2)cc1. The third-order valence-corrected chi connectivity index (χ3v) is 8.05. The molecule has 1 aliphatic carbocycles. The number of rotatable bonds is 13. The van der Waals surface area contributed by atoms with Gasteiger partial charge in [-0.25, -0.2) is 13.1 Å². The molecular weight excluding hydrogens is 466 g/mol. The van der Waals surface area contributed by atoms with Crippen LogP contribution in [0.3, 0.4) is 0 Å². The largest absolute Gasteiger partial charge is 0.484 e. The number of piperidine rings is 1. The van der Waals surface area contributed by atoms with Crippen molar-refractivity contribution in [2.75, 3.05) is 52.6 Å². The van der Waals surface area contributed by atoms with E-state index < -0.39 is 10.0 Å². The van der Waals surface area contributed by atoms with Crippen LogP contribution in [0.2, 0.25) is 0 Å². The van der Waals surface area contributed by atoms with Crippen LogP contribution in [0, 0.1) is 0 Å². The van der Waals surface area contributed by atoms with Crippen LogP contribution in [0.5, 0.6) is 5.75 Å². The minimum Gasteiger partial charge on any atom is -0.484 e. The molecule has 2 aromatic carbocycles. The molecule has 9 heteroatoms. The van der Waals surface area contributed by atoms with Gasteiger partial charge in [-0.2, -0.15) is 0 Å². The van der Waals surface area contributed by atoms with Gasteiger partial charge >= 0.3 is 0 Å². The highest BCUT2D eigenvalue weighted by Crippen LogP contribution is 2.39. The molecule has 2 atom stereocenters. The number of nitrogens with one attached hydrogen (secondary N) is 1. The molecule has 35 heavy (non-hydrogen) atoms. The second-order valence-corrected chi connectivity index (χ2v) is 10.8. The number of ether oxygens (including phenoxy) is 3. The lowest BCUT2D eigenvalue weighted by Gasteiger charge is -2.35. The molecule has 0 aromatic heterocycles. The van der Waals surface area contributed by atoms with E-state index in [0.29, 0.717) is 38.2 Å². The number of likely N-dealkylation sites (tertiary alicyclic amines) is 1. The van der Waals surface area contributed by atoms with Gasteiger partial charge in [0.25, 0.3) is 0 Å². The maximum absolute atomic E-state index is 12.6. The first-order valence-corrected chi connectivity index (χ1v) is 14.0. The molecule has 2 aromatic rings. The van der Waals surface area contributed by atoms with Gasteiger partial charge in [0, 0.05) is 13.1 Å². The Morgan fingerprint density at radius 2 is 1.63 bits per heavy atom. The van der Waals surface area contributed by atoms with Crippen LogP contribution < -0.4 is 15.2 Å². The quantitative estimate of drug-likeness (QED) is 0.405. The summed E-state index contributed by atoms with van der Waals surface area (Å²) in [5.74, 6) is 0.675. The monoisotopic (exact) mass is 503 g/mol. The van der Waals surface area contributed by atoms with Crippen molar-refractivity contribution in [1.82, 2.24) is 9.62 Å². The Kier molecular flexibility index (Phi) is 9.53. The van der Waals surface area contributed by atoms with Gasteiger partial charge in [-0.15, -0.1) is 0 Å². The van der Waals surface area contributed by atoms with Crippen LogP contribution in [-0.4, -0.2) is 72.0 Å². The Morgan fingerprint density at radius 3 is 2.37 bits per heavy atom. The van der Waals surface area contributed by atoms with Gasteiger partial charge < -0.3 is 19.9 Å². The Hall–Kier alpha value is -2.01. The van der Waals surface area contributed by atoms with Crippen LogP contribution in [0.25, 0.3) is 0 Å². The molecule has 4 rings (SSSR count). The number of hydrogen-bond acceptors (Lipinski definition) is 7. The normalized spacial score (nSPS) is 20.6. The number of nitrogens with zero attached hydrogens (tertiary/aromatic N) is 1. The fourth-order valence-electron chi connectivity index (χ4n) is 4.83. The molecule has 0 radical (unpaired) electrons. The lowest BCUT2D eigenvalue weighted by atomic mass is 10.0. The zero-order valence-electron chi connectivity index (χ0n) is 20.2. The second kappa shape index (κ2) is 12.8. The molecular formula is C26H37N3O5S. The number of benzene rings is 2. The molecule has 0 saturated carbocycles. The molecule has 1 aliphatic heterocycles. The summed E-state index contributed by atoms with van der Waals surface area (Å²) in [6, 6.07) is 15.5. The van der Waals surface area contributed by atoms with E-state index in [1.54, 1.807) is 24.3 Å².